The quantitative estimate of drug-likeness (QED) is 0.790. The number of thiazole rings is 1. The lowest BCUT2D eigenvalue weighted by atomic mass is 10.1. The van der Waals surface area contributed by atoms with Gasteiger partial charge in [-0.3, -0.25) is 19.3 Å². The first-order chi connectivity index (χ1) is 9.18. The van der Waals surface area contributed by atoms with Crippen molar-refractivity contribution in [2.45, 2.75) is 6.54 Å². The molecule has 6 heteroatoms. The van der Waals surface area contributed by atoms with Gasteiger partial charge in [0.05, 0.1) is 11.1 Å². The average molecular weight is 274 g/mol. The zero-order valence-electron chi connectivity index (χ0n) is 9.91. The molecular formula is C13H10N2O3S. The monoisotopic (exact) mass is 274 g/mol. The van der Waals surface area contributed by atoms with Gasteiger partial charge in [0.1, 0.15) is 0 Å². The fourth-order valence-electron chi connectivity index (χ4n) is 2.11. The van der Waals surface area contributed by atoms with Crippen molar-refractivity contribution in [3.05, 3.63) is 56.6 Å². The first-order valence-corrected chi connectivity index (χ1v) is 6.65. The van der Waals surface area contributed by atoms with Crippen molar-refractivity contribution in [1.82, 2.24) is 9.47 Å². The Labute approximate surface area is 112 Å². The Kier molecular flexibility index (Phi) is 2.79. The van der Waals surface area contributed by atoms with Crippen molar-refractivity contribution < 1.29 is 9.59 Å². The second kappa shape index (κ2) is 4.47. The Hall–Kier alpha value is -2.21. The fourth-order valence-corrected chi connectivity index (χ4v) is 2.72. The molecule has 0 fully saturated rings. The number of nitrogens with zero attached hydrogens (tertiary/aromatic N) is 2. The van der Waals surface area contributed by atoms with Crippen molar-refractivity contribution in [2.75, 3.05) is 6.54 Å². The fraction of sp³-hybridized carbons (Fsp3) is 0.154. The molecule has 0 aliphatic carbocycles. The molecule has 2 amide bonds. The van der Waals surface area contributed by atoms with E-state index in [1.165, 1.54) is 9.47 Å². The minimum Gasteiger partial charge on any atom is -0.304 e. The van der Waals surface area contributed by atoms with Crippen molar-refractivity contribution in [3.63, 3.8) is 0 Å². The van der Waals surface area contributed by atoms with Crippen LogP contribution in [-0.4, -0.2) is 27.8 Å². The van der Waals surface area contributed by atoms with Gasteiger partial charge in [-0.15, -0.1) is 0 Å². The summed E-state index contributed by atoms with van der Waals surface area (Å²) in [6, 6.07) is 6.76. The third kappa shape index (κ3) is 1.90. The van der Waals surface area contributed by atoms with Crippen LogP contribution < -0.4 is 4.87 Å². The number of aromatic nitrogens is 1. The van der Waals surface area contributed by atoms with Crippen molar-refractivity contribution in [1.29, 1.82) is 0 Å². The summed E-state index contributed by atoms with van der Waals surface area (Å²) in [5, 5.41) is 1.69. The zero-order valence-corrected chi connectivity index (χ0v) is 10.7. The second-order valence-electron chi connectivity index (χ2n) is 4.17. The number of carbonyl (C=O) groups is 2. The van der Waals surface area contributed by atoms with E-state index in [0.717, 1.165) is 11.3 Å². The predicted octanol–water partition coefficient (Wildman–Crippen LogP) is 1.21. The van der Waals surface area contributed by atoms with E-state index in [1.807, 2.05) is 0 Å². The second-order valence-corrected chi connectivity index (χ2v) is 5.03. The van der Waals surface area contributed by atoms with Gasteiger partial charge in [-0.2, -0.15) is 0 Å². The van der Waals surface area contributed by atoms with E-state index < -0.39 is 0 Å². The lowest BCUT2D eigenvalue weighted by molar-refractivity contribution is 0.0649. The standard InChI is InChI=1S/C13H10N2O3S/c16-11-9-3-1-2-4-10(9)12(17)15(11)6-5-14-7-8-19-13(14)18/h1-4,7-8H,5-6H2. The molecule has 0 spiro atoms. The minimum absolute atomic E-state index is 0.0865. The lowest BCUT2D eigenvalue weighted by Gasteiger charge is -2.13. The highest BCUT2D eigenvalue weighted by atomic mass is 32.1. The Bertz CT molecular complexity index is 681. The molecule has 2 heterocycles. The van der Waals surface area contributed by atoms with Crippen LogP contribution in [0.4, 0.5) is 0 Å². The van der Waals surface area contributed by atoms with E-state index in [0.29, 0.717) is 17.7 Å². The lowest BCUT2D eigenvalue weighted by Crippen LogP contribution is -2.34. The van der Waals surface area contributed by atoms with Gasteiger partial charge in [0.15, 0.2) is 0 Å². The molecule has 1 aromatic carbocycles. The van der Waals surface area contributed by atoms with Gasteiger partial charge in [0, 0.05) is 24.7 Å². The highest BCUT2D eigenvalue weighted by Crippen LogP contribution is 2.21. The Balaban J connectivity index is 1.81. The van der Waals surface area contributed by atoms with Gasteiger partial charge in [-0.05, 0) is 12.1 Å². The molecule has 0 saturated carbocycles. The van der Waals surface area contributed by atoms with Crippen molar-refractivity contribution >= 4 is 23.2 Å². The normalized spacial score (nSPS) is 14.0. The molecule has 19 heavy (non-hydrogen) atoms. The summed E-state index contributed by atoms with van der Waals surface area (Å²) in [5.74, 6) is -0.576. The molecular weight excluding hydrogens is 264 g/mol. The molecule has 0 unspecified atom stereocenters. The summed E-state index contributed by atoms with van der Waals surface area (Å²) < 4.78 is 1.49. The molecule has 0 N–H and O–H groups in total. The van der Waals surface area contributed by atoms with E-state index in [1.54, 1.807) is 35.8 Å². The summed E-state index contributed by atoms with van der Waals surface area (Å²) in [7, 11) is 0. The van der Waals surface area contributed by atoms with Crippen molar-refractivity contribution in [3.8, 4) is 0 Å². The molecule has 0 saturated heterocycles. The van der Waals surface area contributed by atoms with Crippen LogP contribution in [0.3, 0.4) is 0 Å². The molecule has 96 valence electrons. The third-order valence-corrected chi connectivity index (χ3v) is 3.78. The topological polar surface area (TPSA) is 59.4 Å². The maximum Gasteiger partial charge on any atom is 0.307 e. The number of benzene rings is 1. The molecule has 2 aromatic rings. The SMILES string of the molecule is O=C1c2ccccc2C(=O)N1CCn1ccsc1=O. The largest absolute Gasteiger partial charge is 0.307 e. The van der Waals surface area contributed by atoms with E-state index in [-0.39, 0.29) is 23.2 Å². The Morgan fingerprint density at radius 1 is 0.947 bits per heavy atom. The molecule has 0 bridgehead atoms. The van der Waals surface area contributed by atoms with Gasteiger partial charge in [0.2, 0.25) is 0 Å². The van der Waals surface area contributed by atoms with Crippen molar-refractivity contribution in [2.24, 2.45) is 0 Å². The van der Waals surface area contributed by atoms with Gasteiger partial charge in [-0.1, -0.05) is 23.5 Å². The Morgan fingerprint density at radius 2 is 1.58 bits per heavy atom. The van der Waals surface area contributed by atoms with E-state index >= 15 is 0 Å². The molecule has 1 aliphatic rings. The molecule has 0 radical (unpaired) electrons. The maximum absolute atomic E-state index is 12.1. The third-order valence-electron chi connectivity index (χ3n) is 3.09. The molecule has 1 aromatic heterocycles. The van der Waals surface area contributed by atoms with Crippen LogP contribution in [0.25, 0.3) is 0 Å². The summed E-state index contributed by atoms with van der Waals surface area (Å²) >= 11 is 1.09. The van der Waals surface area contributed by atoms with Crippen LogP contribution in [-0.2, 0) is 6.54 Å². The molecule has 0 atom stereocenters. The van der Waals surface area contributed by atoms with E-state index in [9.17, 15) is 14.4 Å². The maximum atomic E-state index is 12.1. The number of imide groups is 1. The van der Waals surface area contributed by atoms with Crippen LogP contribution in [0.15, 0.2) is 40.6 Å². The predicted molar refractivity (Wildman–Crippen MR) is 70.4 cm³/mol. The summed E-state index contributed by atoms with van der Waals surface area (Å²) in [5.41, 5.74) is 0.871. The van der Waals surface area contributed by atoms with E-state index in [4.69, 9.17) is 0 Å². The van der Waals surface area contributed by atoms with Gasteiger partial charge in [-0.25, -0.2) is 0 Å². The molecule has 3 rings (SSSR count). The number of hydrogen-bond acceptors (Lipinski definition) is 4. The van der Waals surface area contributed by atoms with E-state index in [2.05, 4.69) is 0 Å². The highest BCUT2D eigenvalue weighted by Gasteiger charge is 2.34. The molecule has 5 nitrogen and oxygen atoms in total. The van der Waals surface area contributed by atoms with Gasteiger partial charge >= 0.3 is 4.87 Å². The van der Waals surface area contributed by atoms with Crippen LogP contribution in [0.2, 0.25) is 0 Å². The van der Waals surface area contributed by atoms with Gasteiger partial charge < -0.3 is 4.57 Å². The smallest absolute Gasteiger partial charge is 0.304 e. The Morgan fingerprint density at radius 3 is 2.11 bits per heavy atom. The van der Waals surface area contributed by atoms with Crippen LogP contribution in [0, 0.1) is 0 Å². The summed E-state index contributed by atoms with van der Waals surface area (Å²) in [4.78, 5) is 36.6. The first kappa shape index (κ1) is 11.9. The van der Waals surface area contributed by atoms with Crippen LogP contribution in [0.1, 0.15) is 20.7 Å². The number of carbonyl (C=O) groups excluding carboxylic acids is 2. The number of rotatable bonds is 3. The van der Waals surface area contributed by atoms with Crippen LogP contribution >= 0.6 is 11.3 Å². The minimum atomic E-state index is -0.288. The molecule has 1 aliphatic heterocycles. The number of hydrogen-bond donors (Lipinski definition) is 0. The summed E-state index contributed by atoms with van der Waals surface area (Å²) in [6.07, 6.45) is 1.66. The number of fused-ring (bicyclic) bond motifs is 1. The number of amides is 2. The highest BCUT2D eigenvalue weighted by molar-refractivity contribution is 7.07. The van der Waals surface area contributed by atoms with Crippen LogP contribution in [0.5, 0.6) is 0 Å². The zero-order chi connectivity index (χ0) is 13.4. The van der Waals surface area contributed by atoms with Gasteiger partial charge in [0.25, 0.3) is 11.8 Å². The average Bonchev–Trinajstić information content (AvgIpc) is 2.93. The summed E-state index contributed by atoms with van der Waals surface area (Å²) in [6.45, 7) is 0.538. The first-order valence-electron chi connectivity index (χ1n) is 5.77.